The summed E-state index contributed by atoms with van der Waals surface area (Å²) in [5.41, 5.74) is 0. The third-order valence-electron chi connectivity index (χ3n) is 3.41. The van der Waals surface area contributed by atoms with Gasteiger partial charge in [-0.25, -0.2) is 18.1 Å². The van der Waals surface area contributed by atoms with Crippen LogP contribution in [-0.4, -0.2) is 30.3 Å². The van der Waals surface area contributed by atoms with E-state index in [0.29, 0.717) is 12.5 Å². The van der Waals surface area contributed by atoms with Crippen LogP contribution >= 0.6 is 0 Å². The molecule has 0 aromatic carbocycles. The normalized spacial score (nSPS) is 19.7. The smallest absolute Gasteiger partial charge is 0.211 e. The molecule has 0 fully saturated rings. The molecule has 0 unspecified atom stereocenters. The van der Waals surface area contributed by atoms with E-state index in [0.717, 1.165) is 38.1 Å². The van der Waals surface area contributed by atoms with E-state index in [1.54, 1.807) is 0 Å². The molecular formula is C12H21N3O2S. The molecule has 1 aliphatic heterocycles. The van der Waals surface area contributed by atoms with Crippen molar-refractivity contribution in [3.8, 4) is 0 Å². The monoisotopic (exact) mass is 271 g/mol. The fourth-order valence-electron chi connectivity index (χ4n) is 2.24. The highest BCUT2D eigenvalue weighted by Gasteiger charge is 2.20. The molecule has 0 radical (unpaired) electrons. The number of hydrogen-bond acceptors (Lipinski definition) is 3. The molecule has 0 saturated heterocycles. The molecule has 6 heteroatoms. The van der Waals surface area contributed by atoms with Gasteiger partial charge in [-0.15, -0.1) is 0 Å². The minimum atomic E-state index is -3.08. The Balaban J connectivity index is 1.82. The van der Waals surface area contributed by atoms with Crippen molar-refractivity contribution in [1.29, 1.82) is 0 Å². The molecular weight excluding hydrogens is 250 g/mol. The zero-order chi connectivity index (χ0) is 13.0. The van der Waals surface area contributed by atoms with E-state index in [-0.39, 0.29) is 5.75 Å². The van der Waals surface area contributed by atoms with Gasteiger partial charge in [-0.2, -0.15) is 0 Å². The number of aromatic nitrogens is 2. The number of rotatable bonds is 6. The Morgan fingerprint density at radius 3 is 3.17 bits per heavy atom. The lowest BCUT2D eigenvalue weighted by Crippen LogP contribution is -2.34. The number of nitrogens with one attached hydrogen (secondary N) is 1. The van der Waals surface area contributed by atoms with Crippen LogP contribution < -0.4 is 4.72 Å². The number of sulfonamides is 1. The highest BCUT2D eigenvalue weighted by Crippen LogP contribution is 2.18. The van der Waals surface area contributed by atoms with Crippen LogP contribution in [0, 0.1) is 5.92 Å². The maximum atomic E-state index is 11.7. The van der Waals surface area contributed by atoms with Gasteiger partial charge < -0.3 is 4.57 Å². The Labute approximate surface area is 109 Å². The molecule has 1 aromatic rings. The first-order valence-electron chi connectivity index (χ1n) is 6.58. The molecule has 0 bridgehead atoms. The topological polar surface area (TPSA) is 64.0 Å². The zero-order valence-corrected chi connectivity index (χ0v) is 11.6. The predicted molar refractivity (Wildman–Crippen MR) is 70.7 cm³/mol. The number of hydrogen-bond donors (Lipinski definition) is 1. The van der Waals surface area contributed by atoms with Crippen LogP contribution in [0.25, 0.3) is 0 Å². The Hall–Kier alpha value is -0.880. The summed E-state index contributed by atoms with van der Waals surface area (Å²) >= 11 is 0. The van der Waals surface area contributed by atoms with Gasteiger partial charge in [-0.05, 0) is 18.8 Å². The summed E-state index contributed by atoms with van der Waals surface area (Å²) in [5.74, 6) is 1.68. The second-order valence-electron chi connectivity index (χ2n) is 4.92. The maximum absolute atomic E-state index is 11.7. The minimum Gasteiger partial charge on any atom is -0.335 e. The number of fused-ring (bicyclic) bond motifs is 1. The van der Waals surface area contributed by atoms with Crippen molar-refractivity contribution in [3.05, 3.63) is 18.2 Å². The molecule has 1 N–H and O–H groups in total. The van der Waals surface area contributed by atoms with Crippen molar-refractivity contribution in [2.75, 3.05) is 12.3 Å². The molecule has 2 heterocycles. The average Bonchev–Trinajstić information content (AvgIpc) is 2.81. The van der Waals surface area contributed by atoms with E-state index < -0.39 is 10.0 Å². The largest absolute Gasteiger partial charge is 0.335 e. The van der Waals surface area contributed by atoms with E-state index in [4.69, 9.17) is 0 Å². The molecule has 102 valence electrons. The second-order valence-corrected chi connectivity index (χ2v) is 6.84. The lowest BCUT2D eigenvalue weighted by atomic mass is 9.98. The van der Waals surface area contributed by atoms with Crippen molar-refractivity contribution in [2.24, 2.45) is 5.92 Å². The Kier molecular flexibility index (Phi) is 4.40. The Morgan fingerprint density at radius 1 is 1.56 bits per heavy atom. The van der Waals surface area contributed by atoms with E-state index in [2.05, 4.69) is 14.3 Å². The highest BCUT2D eigenvalue weighted by atomic mass is 32.2. The van der Waals surface area contributed by atoms with Crippen LogP contribution in [0.4, 0.5) is 0 Å². The van der Waals surface area contributed by atoms with Crippen LogP contribution in [0.2, 0.25) is 0 Å². The van der Waals surface area contributed by atoms with Gasteiger partial charge in [-0.3, -0.25) is 0 Å². The summed E-state index contributed by atoms with van der Waals surface area (Å²) in [5, 5.41) is 0. The molecule has 0 amide bonds. The SMILES string of the molecule is CCCCS(=O)(=O)NC[C@H]1CCn2ccnc2C1. The van der Waals surface area contributed by atoms with Crippen molar-refractivity contribution in [1.82, 2.24) is 14.3 Å². The first-order chi connectivity index (χ1) is 8.61. The van der Waals surface area contributed by atoms with Crippen molar-refractivity contribution < 1.29 is 8.42 Å². The first kappa shape index (κ1) is 13.5. The minimum absolute atomic E-state index is 0.241. The van der Waals surface area contributed by atoms with Crippen LogP contribution in [0.3, 0.4) is 0 Å². The van der Waals surface area contributed by atoms with Gasteiger partial charge in [0, 0.05) is 31.9 Å². The van der Waals surface area contributed by atoms with Crippen molar-refractivity contribution >= 4 is 10.0 Å². The number of unbranched alkanes of at least 4 members (excludes halogenated alkanes) is 1. The van der Waals surface area contributed by atoms with Gasteiger partial charge >= 0.3 is 0 Å². The molecule has 1 atom stereocenters. The Bertz CT molecular complexity index is 481. The zero-order valence-electron chi connectivity index (χ0n) is 10.8. The van der Waals surface area contributed by atoms with Gasteiger partial charge in [-0.1, -0.05) is 13.3 Å². The average molecular weight is 271 g/mol. The quantitative estimate of drug-likeness (QED) is 0.844. The van der Waals surface area contributed by atoms with Crippen LogP contribution in [0.1, 0.15) is 32.0 Å². The number of imidazole rings is 1. The van der Waals surface area contributed by atoms with E-state index in [1.165, 1.54) is 0 Å². The summed E-state index contributed by atoms with van der Waals surface area (Å²) in [6, 6.07) is 0. The van der Waals surface area contributed by atoms with Crippen molar-refractivity contribution in [3.63, 3.8) is 0 Å². The summed E-state index contributed by atoms with van der Waals surface area (Å²) in [6.45, 7) is 3.48. The summed E-state index contributed by atoms with van der Waals surface area (Å²) in [4.78, 5) is 4.29. The third-order valence-corrected chi connectivity index (χ3v) is 4.84. The standard InChI is InChI=1S/C12H21N3O2S/c1-2-3-8-18(16,17)14-10-11-4-6-15-7-5-13-12(15)9-11/h5,7,11,14H,2-4,6,8-10H2,1H3/t11-/m0/s1. The number of nitrogens with zero attached hydrogens (tertiary/aromatic N) is 2. The van der Waals surface area contributed by atoms with Crippen LogP contribution in [0.5, 0.6) is 0 Å². The molecule has 0 saturated carbocycles. The van der Waals surface area contributed by atoms with Gasteiger partial charge in [0.05, 0.1) is 5.75 Å². The summed E-state index contributed by atoms with van der Waals surface area (Å²) in [7, 11) is -3.08. The van der Waals surface area contributed by atoms with Gasteiger partial charge in [0.15, 0.2) is 0 Å². The van der Waals surface area contributed by atoms with E-state index >= 15 is 0 Å². The number of aryl methyl sites for hydroxylation is 1. The molecule has 1 aliphatic rings. The molecule has 5 nitrogen and oxygen atoms in total. The van der Waals surface area contributed by atoms with Gasteiger partial charge in [0.1, 0.15) is 5.82 Å². The van der Waals surface area contributed by atoms with Crippen molar-refractivity contribution in [2.45, 2.75) is 39.2 Å². The summed E-state index contributed by atoms with van der Waals surface area (Å²) in [6.07, 6.45) is 7.30. The van der Waals surface area contributed by atoms with Crippen LogP contribution in [-0.2, 0) is 23.0 Å². The molecule has 1 aromatic heterocycles. The Morgan fingerprint density at radius 2 is 2.39 bits per heavy atom. The van der Waals surface area contributed by atoms with Gasteiger partial charge in [0.25, 0.3) is 0 Å². The fourth-order valence-corrected chi connectivity index (χ4v) is 3.54. The first-order valence-corrected chi connectivity index (χ1v) is 8.23. The maximum Gasteiger partial charge on any atom is 0.211 e. The predicted octanol–water partition coefficient (Wildman–Crippen LogP) is 1.16. The van der Waals surface area contributed by atoms with Gasteiger partial charge in [0.2, 0.25) is 10.0 Å². The molecule has 2 rings (SSSR count). The lowest BCUT2D eigenvalue weighted by molar-refractivity contribution is 0.379. The summed E-state index contributed by atoms with van der Waals surface area (Å²) < 4.78 is 28.3. The van der Waals surface area contributed by atoms with E-state index in [1.807, 2.05) is 19.3 Å². The lowest BCUT2D eigenvalue weighted by Gasteiger charge is -2.23. The molecule has 18 heavy (non-hydrogen) atoms. The second kappa shape index (κ2) is 5.84. The molecule has 0 spiro atoms. The van der Waals surface area contributed by atoms with E-state index in [9.17, 15) is 8.42 Å². The highest BCUT2D eigenvalue weighted by molar-refractivity contribution is 7.89. The molecule has 0 aliphatic carbocycles. The third kappa shape index (κ3) is 3.55. The van der Waals surface area contributed by atoms with Crippen LogP contribution in [0.15, 0.2) is 12.4 Å². The fraction of sp³-hybridized carbons (Fsp3) is 0.750.